The van der Waals surface area contributed by atoms with E-state index in [1.165, 1.54) is 18.2 Å². The number of aromatic hydroxyl groups is 1. The Morgan fingerprint density at radius 2 is 1.83 bits per heavy atom. The largest absolute Gasteiger partial charge is 0.508 e. The Hall–Kier alpha value is -3.20. The van der Waals surface area contributed by atoms with Crippen molar-refractivity contribution < 1.29 is 9.90 Å². The third-order valence-electron chi connectivity index (χ3n) is 4.52. The minimum atomic E-state index is -0.579. The van der Waals surface area contributed by atoms with Crippen molar-refractivity contribution in [3.05, 3.63) is 86.9 Å². The summed E-state index contributed by atoms with van der Waals surface area (Å²) in [6.45, 7) is 1.80. The van der Waals surface area contributed by atoms with Gasteiger partial charge in [-0.1, -0.05) is 41.4 Å². The second-order valence-electron chi connectivity index (χ2n) is 6.53. The first-order chi connectivity index (χ1) is 13.8. The van der Waals surface area contributed by atoms with Gasteiger partial charge in [-0.25, -0.2) is 0 Å². The lowest BCUT2D eigenvalue weighted by molar-refractivity contribution is 0.102. The number of anilines is 2. The number of nitrogen functional groups attached to an aromatic ring is 1. The lowest BCUT2D eigenvalue weighted by Crippen LogP contribution is -2.15. The number of nitrogens with one attached hydrogen (secondary N) is 1. The Morgan fingerprint density at radius 3 is 2.48 bits per heavy atom. The van der Waals surface area contributed by atoms with Gasteiger partial charge in [0.1, 0.15) is 5.75 Å². The number of aryl methyl sites for hydroxylation is 1. The number of nitrogens with two attached hydrogens (primary N) is 1. The second-order valence-corrected chi connectivity index (χ2v) is 7.37. The van der Waals surface area contributed by atoms with Crippen molar-refractivity contribution in [2.24, 2.45) is 0 Å². The first kappa shape index (κ1) is 20.5. The van der Waals surface area contributed by atoms with Gasteiger partial charge in [0.05, 0.1) is 17.6 Å². The molecule has 3 rings (SSSR count). The Balaban J connectivity index is 1.93. The molecule has 0 aliphatic rings. The number of carbonyl (C=O) groups excluding carboxylic acids is 1. The predicted octanol–water partition coefficient (Wildman–Crippen LogP) is 5.50. The van der Waals surface area contributed by atoms with Crippen molar-refractivity contribution in [1.82, 2.24) is 0 Å². The molecule has 4 N–H and O–H groups in total. The van der Waals surface area contributed by atoms with Crippen LogP contribution in [0, 0.1) is 18.3 Å². The smallest absolute Gasteiger partial charge is 0.257 e. The summed E-state index contributed by atoms with van der Waals surface area (Å²) in [5.74, 6) is -1.11. The van der Waals surface area contributed by atoms with Gasteiger partial charge in [-0.2, -0.15) is 5.26 Å². The number of halogens is 2. The van der Waals surface area contributed by atoms with Crippen molar-refractivity contribution in [2.45, 2.75) is 12.8 Å². The molecule has 0 saturated carbocycles. The number of phenols is 1. The van der Waals surface area contributed by atoms with Crippen LogP contribution in [0.1, 0.15) is 33.0 Å². The van der Waals surface area contributed by atoms with Gasteiger partial charge in [0, 0.05) is 21.4 Å². The molecule has 0 aliphatic heterocycles. The van der Waals surface area contributed by atoms with E-state index in [2.05, 4.69) is 11.4 Å². The highest BCUT2D eigenvalue weighted by molar-refractivity contribution is 6.32. The van der Waals surface area contributed by atoms with E-state index in [1.54, 1.807) is 43.3 Å². The minimum absolute atomic E-state index is 0.0609. The van der Waals surface area contributed by atoms with E-state index in [0.29, 0.717) is 21.3 Å². The van der Waals surface area contributed by atoms with E-state index in [9.17, 15) is 15.2 Å². The molecule has 0 spiro atoms. The van der Waals surface area contributed by atoms with Gasteiger partial charge in [-0.3, -0.25) is 4.79 Å². The van der Waals surface area contributed by atoms with Gasteiger partial charge >= 0.3 is 0 Å². The molecule has 1 amide bonds. The number of nitrogens with zero attached hydrogens (tertiary/aromatic N) is 1. The normalized spacial score (nSPS) is 11.5. The average Bonchev–Trinajstić information content (AvgIpc) is 2.69. The zero-order valence-electron chi connectivity index (χ0n) is 15.4. The molecular formula is C22H17Cl2N3O2. The molecule has 0 aliphatic carbocycles. The van der Waals surface area contributed by atoms with Crippen molar-refractivity contribution >= 4 is 40.5 Å². The number of hydrogen-bond donors (Lipinski definition) is 3. The monoisotopic (exact) mass is 425 g/mol. The number of rotatable bonds is 4. The summed E-state index contributed by atoms with van der Waals surface area (Å²) in [6, 6.07) is 16.8. The van der Waals surface area contributed by atoms with Crippen LogP contribution in [0.2, 0.25) is 10.0 Å². The molecule has 29 heavy (non-hydrogen) atoms. The van der Waals surface area contributed by atoms with E-state index in [1.807, 2.05) is 0 Å². The van der Waals surface area contributed by atoms with Gasteiger partial charge in [0.2, 0.25) is 0 Å². The summed E-state index contributed by atoms with van der Waals surface area (Å²) in [6.07, 6.45) is 0. The zero-order chi connectivity index (χ0) is 21.1. The SMILES string of the molecule is Cc1cc(C(C#N)c2ccc(Cl)cc2)c(Cl)cc1NC(=O)c1cc(O)ccc1N. The van der Waals surface area contributed by atoms with Crippen LogP contribution in [0.4, 0.5) is 11.4 Å². The molecule has 5 nitrogen and oxygen atoms in total. The summed E-state index contributed by atoms with van der Waals surface area (Å²) in [7, 11) is 0. The molecule has 1 unspecified atom stereocenters. The fraction of sp³-hybridized carbons (Fsp3) is 0.0909. The first-order valence-corrected chi connectivity index (χ1v) is 9.40. The first-order valence-electron chi connectivity index (χ1n) is 8.65. The van der Waals surface area contributed by atoms with E-state index in [4.69, 9.17) is 28.9 Å². The molecule has 7 heteroatoms. The van der Waals surface area contributed by atoms with Gasteiger partial charge in [0.25, 0.3) is 5.91 Å². The quantitative estimate of drug-likeness (QED) is 0.379. The van der Waals surface area contributed by atoms with Crippen LogP contribution in [-0.4, -0.2) is 11.0 Å². The molecule has 0 aromatic heterocycles. The molecule has 3 aromatic carbocycles. The third-order valence-corrected chi connectivity index (χ3v) is 5.10. The van der Waals surface area contributed by atoms with Gasteiger partial charge in [-0.15, -0.1) is 0 Å². The number of hydrogen-bond acceptors (Lipinski definition) is 4. The predicted molar refractivity (Wildman–Crippen MR) is 116 cm³/mol. The van der Waals surface area contributed by atoms with Crippen LogP contribution in [-0.2, 0) is 0 Å². The Bertz CT molecular complexity index is 1120. The number of carbonyl (C=O) groups is 1. The van der Waals surface area contributed by atoms with Crippen LogP contribution in [0.3, 0.4) is 0 Å². The fourth-order valence-corrected chi connectivity index (χ4v) is 3.37. The zero-order valence-corrected chi connectivity index (χ0v) is 16.9. The maximum absolute atomic E-state index is 12.6. The topological polar surface area (TPSA) is 99.1 Å². The molecule has 146 valence electrons. The lowest BCUT2D eigenvalue weighted by atomic mass is 9.91. The standard InChI is InChI=1S/C22H17Cl2N3O2/c1-12-8-16(18(11-25)13-2-4-14(23)5-3-13)19(24)10-21(12)27-22(29)17-9-15(28)6-7-20(17)26/h2-10,18,28H,26H2,1H3,(H,27,29). The Morgan fingerprint density at radius 1 is 1.14 bits per heavy atom. The third kappa shape index (κ3) is 4.45. The molecular weight excluding hydrogens is 409 g/mol. The van der Waals surface area contributed by atoms with Crippen molar-refractivity contribution in [2.75, 3.05) is 11.1 Å². The van der Waals surface area contributed by atoms with E-state index < -0.39 is 11.8 Å². The molecule has 0 saturated heterocycles. The highest BCUT2D eigenvalue weighted by atomic mass is 35.5. The lowest BCUT2D eigenvalue weighted by Gasteiger charge is -2.16. The van der Waals surface area contributed by atoms with Crippen molar-refractivity contribution in [3.8, 4) is 11.8 Å². The van der Waals surface area contributed by atoms with Crippen LogP contribution >= 0.6 is 23.2 Å². The van der Waals surface area contributed by atoms with Gasteiger partial charge in [-0.05, 0) is 60.0 Å². The van der Waals surface area contributed by atoms with E-state index >= 15 is 0 Å². The molecule has 0 bridgehead atoms. The summed E-state index contributed by atoms with van der Waals surface area (Å²) in [5.41, 5.74) is 8.83. The van der Waals surface area contributed by atoms with Crippen molar-refractivity contribution in [3.63, 3.8) is 0 Å². The Labute approximate surface area is 178 Å². The molecule has 1 atom stereocenters. The minimum Gasteiger partial charge on any atom is -0.508 e. The number of phenolic OH excluding ortho intramolecular Hbond substituents is 1. The van der Waals surface area contributed by atoms with Crippen LogP contribution in [0.15, 0.2) is 54.6 Å². The number of amides is 1. The summed E-state index contributed by atoms with van der Waals surface area (Å²) in [4.78, 5) is 12.6. The molecule has 0 radical (unpaired) electrons. The Kier molecular flexibility index (Phi) is 5.97. The summed E-state index contributed by atoms with van der Waals surface area (Å²) in [5, 5.41) is 23.0. The highest BCUT2D eigenvalue weighted by Gasteiger charge is 2.20. The van der Waals surface area contributed by atoms with E-state index in [-0.39, 0.29) is 17.0 Å². The van der Waals surface area contributed by atoms with Crippen LogP contribution in [0.25, 0.3) is 0 Å². The van der Waals surface area contributed by atoms with Crippen molar-refractivity contribution in [1.29, 1.82) is 5.26 Å². The molecule has 3 aromatic rings. The second kappa shape index (κ2) is 8.44. The van der Waals surface area contributed by atoms with Crippen LogP contribution < -0.4 is 11.1 Å². The van der Waals surface area contributed by atoms with Gasteiger partial charge < -0.3 is 16.2 Å². The molecule has 0 heterocycles. The van der Waals surface area contributed by atoms with E-state index in [0.717, 1.165) is 11.1 Å². The van der Waals surface area contributed by atoms with Gasteiger partial charge in [0.15, 0.2) is 0 Å². The highest BCUT2D eigenvalue weighted by Crippen LogP contribution is 2.34. The summed E-state index contributed by atoms with van der Waals surface area (Å²) < 4.78 is 0. The van der Waals surface area contributed by atoms with Crippen LogP contribution in [0.5, 0.6) is 5.75 Å². The summed E-state index contributed by atoms with van der Waals surface area (Å²) >= 11 is 12.4. The number of benzene rings is 3. The average molecular weight is 426 g/mol. The fourth-order valence-electron chi connectivity index (χ4n) is 2.97. The maximum Gasteiger partial charge on any atom is 0.257 e. The number of nitriles is 1. The maximum atomic E-state index is 12.6. The molecule has 0 fully saturated rings.